The van der Waals surface area contributed by atoms with Crippen LogP contribution in [0.4, 0.5) is 0 Å². The third-order valence-electron chi connectivity index (χ3n) is 2.88. The van der Waals surface area contributed by atoms with E-state index in [4.69, 9.17) is 4.74 Å². The van der Waals surface area contributed by atoms with E-state index in [-0.39, 0.29) is 5.60 Å². The highest BCUT2D eigenvalue weighted by molar-refractivity contribution is 7.99. The summed E-state index contributed by atoms with van der Waals surface area (Å²) in [4.78, 5) is 2.61. The summed E-state index contributed by atoms with van der Waals surface area (Å²) in [7, 11) is 0. The first kappa shape index (κ1) is 9.81. The van der Waals surface area contributed by atoms with Crippen LogP contribution in [0.3, 0.4) is 0 Å². The molecule has 0 bridgehead atoms. The van der Waals surface area contributed by atoms with Gasteiger partial charge in [0.25, 0.3) is 0 Å². The van der Waals surface area contributed by atoms with E-state index >= 15 is 0 Å². The maximum Gasteiger partial charge on any atom is 0.0753 e. The average Bonchev–Trinajstić information content (AvgIpc) is 2.53. The van der Waals surface area contributed by atoms with Gasteiger partial charge in [0.1, 0.15) is 0 Å². The molecule has 0 N–H and O–H groups in total. The van der Waals surface area contributed by atoms with Crippen molar-refractivity contribution in [3.8, 4) is 0 Å². The van der Waals surface area contributed by atoms with Crippen LogP contribution in [0, 0.1) is 0 Å². The van der Waals surface area contributed by atoms with Gasteiger partial charge in [0.2, 0.25) is 0 Å². The summed E-state index contributed by atoms with van der Waals surface area (Å²) in [6.07, 6.45) is 1.38. The van der Waals surface area contributed by atoms with Crippen molar-refractivity contribution < 1.29 is 4.74 Å². The van der Waals surface area contributed by atoms with Crippen LogP contribution < -0.4 is 0 Å². The van der Waals surface area contributed by atoms with Gasteiger partial charge < -0.3 is 4.74 Å². The molecule has 1 unspecified atom stereocenters. The molecular weight excluding hydrogens is 182 g/mol. The van der Waals surface area contributed by atoms with Gasteiger partial charge in [0.15, 0.2) is 0 Å². The fourth-order valence-corrected chi connectivity index (χ4v) is 3.43. The Bertz CT molecular complexity index is 178. The molecule has 0 amide bonds. The molecule has 2 saturated heterocycles. The van der Waals surface area contributed by atoms with Gasteiger partial charge in [-0.15, -0.1) is 0 Å². The molecule has 0 aliphatic carbocycles. The predicted octanol–water partition coefficient (Wildman–Crippen LogP) is 1.60. The zero-order chi connectivity index (χ0) is 9.31. The first-order valence-corrected chi connectivity index (χ1v) is 6.29. The van der Waals surface area contributed by atoms with Crippen LogP contribution in [0.5, 0.6) is 0 Å². The molecule has 0 spiro atoms. The van der Waals surface area contributed by atoms with E-state index in [2.05, 4.69) is 30.5 Å². The Balaban J connectivity index is 1.91. The van der Waals surface area contributed by atoms with Gasteiger partial charge in [-0.1, -0.05) is 0 Å². The molecule has 2 rings (SSSR count). The van der Waals surface area contributed by atoms with E-state index < -0.39 is 0 Å². The molecular formula is C10H19NOS. The highest BCUT2D eigenvalue weighted by Crippen LogP contribution is 2.26. The standard InChI is InChI=1S/C10H19NOS/c1-10(2)8-11(4-5-12-10)9-3-6-13-7-9/h9H,3-8H2,1-2H3. The topological polar surface area (TPSA) is 12.5 Å². The van der Waals surface area contributed by atoms with Crippen molar-refractivity contribution in [2.75, 3.05) is 31.2 Å². The number of morpholine rings is 1. The lowest BCUT2D eigenvalue weighted by Crippen LogP contribution is -2.52. The van der Waals surface area contributed by atoms with E-state index in [0.29, 0.717) is 0 Å². The van der Waals surface area contributed by atoms with Crippen LogP contribution in [0.2, 0.25) is 0 Å². The smallest absolute Gasteiger partial charge is 0.0753 e. The summed E-state index contributed by atoms with van der Waals surface area (Å²) < 4.78 is 5.71. The van der Waals surface area contributed by atoms with E-state index in [1.807, 2.05) is 0 Å². The summed E-state index contributed by atoms with van der Waals surface area (Å²) >= 11 is 2.09. The fraction of sp³-hybridized carbons (Fsp3) is 1.00. The maximum absolute atomic E-state index is 5.71. The summed E-state index contributed by atoms with van der Waals surface area (Å²) in [5.41, 5.74) is 0.0749. The quantitative estimate of drug-likeness (QED) is 0.639. The van der Waals surface area contributed by atoms with Crippen molar-refractivity contribution in [2.45, 2.75) is 31.9 Å². The third-order valence-corrected chi connectivity index (χ3v) is 4.02. The second-order valence-electron chi connectivity index (χ2n) is 4.60. The molecule has 3 heteroatoms. The second-order valence-corrected chi connectivity index (χ2v) is 5.75. The Kier molecular flexibility index (Phi) is 2.86. The van der Waals surface area contributed by atoms with Crippen LogP contribution in [0.25, 0.3) is 0 Å². The highest BCUT2D eigenvalue weighted by atomic mass is 32.2. The van der Waals surface area contributed by atoms with Gasteiger partial charge in [0.05, 0.1) is 12.2 Å². The predicted molar refractivity (Wildman–Crippen MR) is 57.3 cm³/mol. The van der Waals surface area contributed by atoms with Crippen molar-refractivity contribution >= 4 is 11.8 Å². The molecule has 13 heavy (non-hydrogen) atoms. The second kappa shape index (κ2) is 3.79. The van der Waals surface area contributed by atoms with Gasteiger partial charge in [0, 0.05) is 24.9 Å². The Hall–Kier alpha value is 0.270. The van der Waals surface area contributed by atoms with Crippen LogP contribution >= 0.6 is 11.8 Å². The number of thioether (sulfide) groups is 1. The molecule has 0 aromatic heterocycles. The molecule has 1 atom stereocenters. The van der Waals surface area contributed by atoms with Crippen molar-refractivity contribution in [2.24, 2.45) is 0 Å². The van der Waals surface area contributed by atoms with Gasteiger partial charge in [-0.05, 0) is 26.0 Å². The molecule has 0 saturated carbocycles. The maximum atomic E-state index is 5.71. The molecule has 76 valence electrons. The summed E-state index contributed by atoms with van der Waals surface area (Å²) in [6, 6.07) is 0.827. The third kappa shape index (κ3) is 2.39. The minimum Gasteiger partial charge on any atom is -0.373 e. The largest absolute Gasteiger partial charge is 0.373 e. The number of ether oxygens (including phenoxy) is 1. The van der Waals surface area contributed by atoms with E-state index in [9.17, 15) is 0 Å². The van der Waals surface area contributed by atoms with E-state index in [0.717, 1.165) is 25.7 Å². The zero-order valence-corrected chi connectivity index (χ0v) is 9.40. The van der Waals surface area contributed by atoms with Crippen molar-refractivity contribution in [1.82, 2.24) is 4.90 Å². The van der Waals surface area contributed by atoms with Crippen LogP contribution in [-0.2, 0) is 4.74 Å². The first-order chi connectivity index (χ1) is 6.17. The number of hydrogen-bond donors (Lipinski definition) is 0. The van der Waals surface area contributed by atoms with Crippen molar-refractivity contribution in [3.63, 3.8) is 0 Å². The number of nitrogens with zero attached hydrogens (tertiary/aromatic N) is 1. The summed E-state index contributed by atoms with van der Waals surface area (Å²) in [6.45, 7) is 7.55. The minimum atomic E-state index is 0.0749. The van der Waals surface area contributed by atoms with Gasteiger partial charge >= 0.3 is 0 Å². The molecule has 0 aromatic carbocycles. The SMILES string of the molecule is CC1(C)CN(C2CCSC2)CCO1. The van der Waals surface area contributed by atoms with Gasteiger partial charge in [-0.3, -0.25) is 4.90 Å². The van der Waals surface area contributed by atoms with Crippen LogP contribution in [0.1, 0.15) is 20.3 Å². The normalized spacial score (nSPS) is 35.1. The molecule has 2 nitrogen and oxygen atoms in total. The zero-order valence-electron chi connectivity index (χ0n) is 8.58. The summed E-state index contributed by atoms with van der Waals surface area (Å²) in [5, 5.41) is 0. The van der Waals surface area contributed by atoms with Crippen LogP contribution in [-0.4, -0.2) is 47.7 Å². The molecule has 0 aromatic rings. The lowest BCUT2D eigenvalue weighted by Gasteiger charge is -2.41. The Morgan fingerprint density at radius 1 is 1.46 bits per heavy atom. The molecule has 2 fully saturated rings. The molecule has 2 aliphatic heterocycles. The van der Waals surface area contributed by atoms with E-state index in [1.165, 1.54) is 17.9 Å². The average molecular weight is 201 g/mol. The lowest BCUT2D eigenvalue weighted by molar-refractivity contribution is -0.0945. The minimum absolute atomic E-state index is 0.0749. The van der Waals surface area contributed by atoms with Crippen molar-refractivity contribution in [3.05, 3.63) is 0 Å². The Morgan fingerprint density at radius 2 is 2.31 bits per heavy atom. The van der Waals surface area contributed by atoms with Gasteiger partial charge in [-0.25, -0.2) is 0 Å². The lowest BCUT2D eigenvalue weighted by atomic mass is 10.1. The number of hydrogen-bond acceptors (Lipinski definition) is 3. The van der Waals surface area contributed by atoms with Crippen LogP contribution in [0.15, 0.2) is 0 Å². The van der Waals surface area contributed by atoms with Gasteiger partial charge in [-0.2, -0.15) is 11.8 Å². The van der Waals surface area contributed by atoms with Crippen molar-refractivity contribution in [1.29, 1.82) is 0 Å². The Labute approximate surface area is 85.0 Å². The highest BCUT2D eigenvalue weighted by Gasteiger charge is 2.32. The monoisotopic (exact) mass is 201 g/mol. The summed E-state index contributed by atoms with van der Waals surface area (Å²) in [5.74, 6) is 2.68. The first-order valence-electron chi connectivity index (χ1n) is 5.13. The van der Waals surface area contributed by atoms with E-state index in [1.54, 1.807) is 0 Å². The molecule has 2 aliphatic rings. The number of rotatable bonds is 1. The molecule has 0 radical (unpaired) electrons. The molecule has 2 heterocycles. The Morgan fingerprint density at radius 3 is 2.92 bits per heavy atom. The fourth-order valence-electron chi connectivity index (χ4n) is 2.17.